The summed E-state index contributed by atoms with van der Waals surface area (Å²) in [5.41, 5.74) is 0.414. The van der Waals surface area contributed by atoms with Gasteiger partial charge < -0.3 is 9.64 Å². The fraction of sp³-hybridized carbons (Fsp3) is 0.600. The number of hydrogen-bond donors (Lipinski definition) is 0. The van der Waals surface area contributed by atoms with Crippen LogP contribution in [0.5, 0.6) is 0 Å². The van der Waals surface area contributed by atoms with Crippen LogP contribution in [0.25, 0.3) is 0 Å². The van der Waals surface area contributed by atoms with Crippen LogP contribution < -0.4 is 4.90 Å². The van der Waals surface area contributed by atoms with Gasteiger partial charge in [-0.25, -0.2) is 9.78 Å². The normalized spacial score (nSPS) is 15.1. The molecule has 0 aliphatic heterocycles. The van der Waals surface area contributed by atoms with Crippen molar-refractivity contribution in [2.75, 3.05) is 18.6 Å². The maximum atomic E-state index is 11.2. The van der Waals surface area contributed by atoms with Crippen molar-refractivity contribution in [2.24, 2.45) is 0 Å². The number of carbonyl (C=O) groups excluding carboxylic acids is 1. The number of methoxy groups -OCH3 is 1. The van der Waals surface area contributed by atoms with Crippen molar-refractivity contribution in [3.05, 3.63) is 11.1 Å². The Labute approximate surface area is 92.9 Å². The summed E-state index contributed by atoms with van der Waals surface area (Å²) in [6, 6.07) is 0.631. The average Bonchev–Trinajstić information content (AvgIpc) is 2.96. The SMILES string of the molecule is CCN(c1nc(C(=O)OC)cs1)C1CC1. The minimum absolute atomic E-state index is 0.357. The number of ether oxygens (including phenoxy) is 1. The van der Waals surface area contributed by atoms with Crippen LogP contribution in [0, 0.1) is 0 Å². The van der Waals surface area contributed by atoms with Crippen molar-refractivity contribution < 1.29 is 9.53 Å². The largest absolute Gasteiger partial charge is 0.464 e. The predicted molar refractivity (Wildman–Crippen MR) is 59.5 cm³/mol. The molecule has 5 heteroatoms. The van der Waals surface area contributed by atoms with E-state index in [-0.39, 0.29) is 5.97 Å². The van der Waals surface area contributed by atoms with Crippen LogP contribution in [0.2, 0.25) is 0 Å². The molecule has 0 N–H and O–H groups in total. The zero-order valence-electron chi connectivity index (χ0n) is 8.90. The summed E-state index contributed by atoms with van der Waals surface area (Å²) >= 11 is 1.51. The number of hydrogen-bond acceptors (Lipinski definition) is 5. The molecule has 4 nitrogen and oxygen atoms in total. The smallest absolute Gasteiger partial charge is 0.357 e. The predicted octanol–water partition coefficient (Wildman–Crippen LogP) is 1.92. The Morgan fingerprint density at radius 1 is 1.73 bits per heavy atom. The van der Waals surface area contributed by atoms with Gasteiger partial charge in [0.2, 0.25) is 0 Å². The summed E-state index contributed by atoms with van der Waals surface area (Å²) in [5.74, 6) is -0.357. The lowest BCUT2D eigenvalue weighted by molar-refractivity contribution is 0.0595. The Balaban J connectivity index is 2.14. The van der Waals surface area contributed by atoms with E-state index >= 15 is 0 Å². The Kier molecular flexibility index (Phi) is 2.90. The molecule has 0 saturated heterocycles. The quantitative estimate of drug-likeness (QED) is 0.736. The van der Waals surface area contributed by atoms with Gasteiger partial charge in [-0.3, -0.25) is 0 Å². The summed E-state index contributed by atoms with van der Waals surface area (Å²) in [4.78, 5) is 17.8. The van der Waals surface area contributed by atoms with E-state index in [0.29, 0.717) is 11.7 Å². The molecule has 1 aliphatic carbocycles. The Morgan fingerprint density at radius 3 is 3.00 bits per heavy atom. The van der Waals surface area contributed by atoms with Gasteiger partial charge in [0.05, 0.1) is 7.11 Å². The fourth-order valence-electron chi connectivity index (χ4n) is 1.53. The van der Waals surface area contributed by atoms with E-state index in [4.69, 9.17) is 0 Å². The molecule has 1 fully saturated rings. The molecular formula is C10H14N2O2S. The topological polar surface area (TPSA) is 42.4 Å². The molecule has 1 saturated carbocycles. The van der Waals surface area contributed by atoms with Gasteiger partial charge in [0, 0.05) is 18.0 Å². The molecule has 15 heavy (non-hydrogen) atoms. The maximum Gasteiger partial charge on any atom is 0.357 e. The highest BCUT2D eigenvalue weighted by Gasteiger charge is 2.30. The second-order valence-electron chi connectivity index (χ2n) is 3.52. The van der Waals surface area contributed by atoms with Crippen LogP contribution in [0.4, 0.5) is 5.13 Å². The lowest BCUT2D eigenvalue weighted by Gasteiger charge is -2.18. The minimum Gasteiger partial charge on any atom is -0.464 e. The maximum absolute atomic E-state index is 11.2. The van der Waals surface area contributed by atoms with Crippen LogP contribution in [0.3, 0.4) is 0 Å². The molecule has 82 valence electrons. The van der Waals surface area contributed by atoms with E-state index in [0.717, 1.165) is 11.7 Å². The van der Waals surface area contributed by atoms with Gasteiger partial charge in [0.15, 0.2) is 10.8 Å². The van der Waals surface area contributed by atoms with Crippen molar-refractivity contribution in [1.29, 1.82) is 0 Å². The first-order chi connectivity index (χ1) is 7.26. The molecule has 0 bridgehead atoms. The van der Waals surface area contributed by atoms with E-state index < -0.39 is 0 Å². The molecule has 0 unspecified atom stereocenters. The van der Waals surface area contributed by atoms with Gasteiger partial charge >= 0.3 is 5.97 Å². The molecule has 0 atom stereocenters. The molecule has 1 aliphatic rings. The second-order valence-corrected chi connectivity index (χ2v) is 4.36. The van der Waals surface area contributed by atoms with Gasteiger partial charge in [0.1, 0.15) is 0 Å². The fourth-order valence-corrected chi connectivity index (χ4v) is 2.46. The number of carbonyl (C=O) groups is 1. The van der Waals surface area contributed by atoms with Gasteiger partial charge in [-0.2, -0.15) is 0 Å². The Hall–Kier alpha value is -1.10. The second kappa shape index (κ2) is 4.18. The minimum atomic E-state index is -0.357. The number of esters is 1. The summed E-state index contributed by atoms with van der Waals surface area (Å²) in [6.45, 7) is 3.05. The molecular weight excluding hydrogens is 212 g/mol. The standard InChI is InChI=1S/C10H14N2O2S/c1-3-12(7-4-5-7)10-11-8(6-15-10)9(13)14-2/h6-7H,3-5H2,1-2H3. The van der Waals surface area contributed by atoms with Crippen LogP contribution in [0.1, 0.15) is 30.3 Å². The number of thiazole rings is 1. The van der Waals surface area contributed by atoms with Crippen molar-refractivity contribution in [3.8, 4) is 0 Å². The number of aromatic nitrogens is 1. The third-order valence-corrected chi connectivity index (χ3v) is 3.34. The molecule has 0 radical (unpaired) electrons. The van der Waals surface area contributed by atoms with Gasteiger partial charge in [-0.15, -0.1) is 11.3 Å². The molecule has 1 aromatic heterocycles. The summed E-state index contributed by atoms with van der Waals surface area (Å²) < 4.78 is 4.63. The Bertz CT molecular complexity index is 360. The summed E-state index contributed by atoms with van der Waals surface area (Å²) in [7, 11) is 1.37. The van der Waals surface area contributed by atoms with Gasteiger partial charge in [-0.05, 0) is 19.8 Å². The van der Waals surface area contributed by atoms with Gasteiger partial charge in [0.25, 0.3) is 0 Å². The van der Waals surface area contributed by atoms with Crippen molar-refractivity contribution in [2.45, 2.75) is 25.8 Å². The lowest BCUT2D eigenvalue weighted by Crippen LogP contribution is -2.24. The molecule has 1 aromatic rings. The summed E-state index contributed by atoms with van der Waals surface area (Å²) in [6.07, 6.45) is 2.47. The zero-order chi connectivity index (χ0) is 10.8. The first kappa shape index (κ1) is 10.4. The third kappa shape index (κ3) is 2.12. The van der Waals surface area contributed by atoms with E-state index in [1.165, 1.54) is 31.3 Å². The highest BCUT2D eigenvalue weighted by molar-refractivity contribution is 7.13. The molecule has 1 heterocycles. The van der Waals surface area contributed by atoms with Crippen LogP contribution >= 0.6 is 11.3 Å². The first-order valence-electron chi connectivity index (χ1n) is 5.06. The number of anilines is 1. The highest BCUT2D eigenvalue weighted by atomic mass is 32.1. The highest BCUT2D eigenvalue weighted by Crippen LogP contribution is 2.33. The first-order valence-corrected chi connectivity index (χ1v) is 5.94. The van der Waals surface area contributed by atoms with E-state index in [2.05, 4.69) is 21.5 Å². The van der Waals surface area contributed by atoms with Crippen LogP contribution in [-0.4, -0.2) is 30.6 Å². The lowest BCUT2D eigenvalue weighted by atomic mass is 10.5. The van der Waals surface area contributed by atoms with Crippen molar-refractivity contribution in [1.82, 2.24) is 4.98 Å². The van der Waals surface area contributed by atoms with Crippen molar-refractivity contribution in [3.63, 3.8) is 0 Å². The molecule has 0 amide bonds. The number of nitrogens with zero attached hydrogens (tertiary/aromatic N) is 2. The Morgan fingerprint density at radius 2 is 2.47 bits per heavy atom. The molecule has 0 aromatic carbocycles. The monoisotopic (exact) mass is 226 g/mol. The van der Waals surface area contributed by atoms with E-state index in [1.54, 1.807) is 5.38 Å². The van der Waals surface area contributed by atoms with E-state index in [1.807, 2.05) is 0 Å². The molecule has 2 rings (SSSR count). The van der Waals surface area contributed by atoms with Crippen LogP contribution in [0.15, 0.2) is 5.38 Å². The van der Waals surface area contributed by atoms with Crippen molar-refractivity contribution >= 4 is 22.4 Å². The average molecular weight is 226 g/mol. The van der Waals surface area contributed by atoms with E-state index in [9.17, 15) is 4.79 Å². The molecule has 0 spiro atoms. The number of rotatable bonds is 4. The third-order valence-electron chi connectivity index (χ3n) is 2.46. The van der Waals surface area contributed by atoms with Crippen LogP contribution in [-0.2, 0) is 4.74 Å². The summed E-state index contributed by atoms with van der Waals surface area (Å²) in [5, 5.41) is 2.69. The van der Waals surface area contributed by atoms with Gasteiger partial charge in [-0.1, -0.05) is 0 Å². The zero-order valence-corrected chi connectivity index (χ0v) is 9.71.